The minimum Gasteiger partial charge on any atom is -0.332 e. The maximum absolute atomic E-state index is 12.9. The predicted molar refractivity (Wildman–Crippen MR) is 93.2 cm³/mol. The van der Waals surface area contributed by atoms with Crippen LogP contribution in [0.2, 0.25) is 0 Å². The first-order chi connectivity index (χ1) is 11.2. The van der Waals surface area contributed by atoms with E-state index in [0.29, 0.717) is 0 Å². The normalized spacial score (nSPS) is 17.8. The summed E-state index contributed by atoms with van der Waals surface area (Å²) in [5.74, 6) is 0.0959. The van der Waals surface area contributed by atoms with Crippen LogP contribution in [0.15, 0.2) is 53.1 Å². The van der Waals surface area contributed by atoms with E-state index in [1.165, 1.54) is 5.56 Å². The number of aromatic nitrogens is 2. The Morgan fingerprint density at radius 2 is 2.04 bits per heavy atom. The van der Waals surface area contributed by atoms with Gasteiger partial charge >= 0.3 is 0 Å². The SMILES string of the molecule is O=C(c1ccc2[nH]ncc2c1)N1CCCC1c1ccc(Br)cc1. The Balaban J connectivity index is 1.64. The first kappa shape index (κ1) is 14.5. The predicted octanol–water partition coefficient (Wildman–Crippen LogP) is 4.30. The first-order valence-corrected chi connectivity index (χ1v) is 8.51. The molecule has 0 radical (unpaired) electrons. The van der Waals surface area contributed by atoms with Gasteiger partial charge in [-0.2, -0.15) is 5.10 Å². The van der Waals surface area contributed by atoms with E-state index in [-0.39, 0.29) is 11.9 Å². The lowest BCUT2D eigenvalue weighted by atomic mass is 10.0. The maximum Gasteiger partial charge on any atom is 0.254 e. The number of H-pyrrole nitrogens is 1. The summed E-state index contributed by atoms with van der Waals surface area (Å²) in [6.45, 7) is 0.809. The van der Waals surface area contributed by atoms with E-state index in [9.17, 15) is 4.79 Å². The van der Waals surface area contributed by atoms with Gasteiger partial charge in [-0.05, 0) is 48.7 Å². The highest BCUT2D eigenvalue weighted by molar-refractivity contribution is 9.10. The smallest absolute Gasteiger partial charge is 0.254 e. The second-order valence-electron chi connectivity index (χ2n) is 5.88. The van der Waals surface area contributed by atoms with Gasteiger partial charge in [0.2, 0.25) is 0 Å². The lowest BCUT2D eigenvalue weighted by Crippen LogP contribution is -2.30. The quantitative estimate of drug-likeness (QED) is 0.731. The summed E-state index contributed by atoms with van der Waals surface area (Å²) >= 11 is 3.46. The molecule has 1 unspecified atom stereocenters. The molecule has 1 fully saturated rings. The monoisotopic (exact) mass is 369 g/mol. The largest absolute Gasteiger partial charge is 0.332 e. The standard InChI is InChI=1S/C18H16BrN3O/c19-15-6-3-12(4-7-15)17-2-1-9-22(17)18(23)13-5-8-16-14(10-13)11-20-21-16/h3-8,10-11,17H,1-2,9H2,(H,20,21). The zero-order valence-corrected chi connectivity index (χ0v) is 14.1. The molecule has 2 aromatic carbocycles. The number of nitrogens with zero attached hydrogens (tertiary/aromatic N) is 2. The summed E-state index contributed by atoms with van der Waals surface area (Å²) < 4.78 is 1.06. The van der Waals surface area contributed by atoms with Crippen molar-refractivity contribution < 1.29 is 4.79 Å². The van der Waals surface area contributed by atoms with Gasteiger partial charge < -0.3 is 4.90 Å². The molecule has 2 heterocycles. The Kier molecular flexibility index (Phi) is 3.65. The summed E-state index contributed by atoms with van der Waals surface area (Å²) in [6, 6.07) is 14.1. The van der Waals surface area contributed by atoms with Crippen molar-refractivity contribution in [3.8, 4) is 0 Å². The van der Waals surface area contributed by atoms with Gasteiger partial charge in [-0.15, -0.1) is 0 Å². The van der Waals surface area contributed by atoms with Crippen LogP contribution in [-0.4, -0.2) is 27.5 Å². The molecule has 3 aromatic rings. The van der Waals surface area contributed by atoms with Gasteiger partial charge in [0.15, 0.2) is 0 Å². The average molecular weight is 370 g/mol. The van der Waals surface area contributed by atoms with Gasteiger partial charge in [-0.3, -0.25) is 9.89 Å². The van der Waals surface area contributed by atoms with Crippen LogP contribution < -0.4 is 0 Å². The van der Waals surface area contributed by atoms with E-state index in [1.807, 2.05) is 35.2 Å². The van der Waals surface area contributed by atoms with Crippen LogP contribution in [0.1, 0.15) is 34.8 Å². The molecule has 0 aliphatic carbocycles. The number of carbonyl (C=O) groups excluding carboxylic acids is 1. The molecule has 0 saturated carbocycles. The van der Waals surface area contributed by atoms with Gasteiger partial charge in [0.1, 0.15) is 0 Å². The Morgan fingerprint density at radius 3 is 2.87 bits per heavy atom. The molecule has 4 rings (SSSR count). The van der Waals surface area contributed by atoms with Crippen molar-refractivity contribution in [2.24, 2.45) is 0 Å². The van der Waals surface area contributed by atoms with E-state index in [2.05, 4.69) is 38.3 Å². The molecular formula is C18H16BrN3O. The lowest BCUT2D eigenvalue weighted by Gasteiger charge is -2.25. The molecule has 1 aliphatic rings. The summed E-state index contributed by atoms with van der Waals surface area (Å²) in [4.78, 5) is 14.9. The van der Waals surface area contributed by atoms with Gasteiger partial charge in [-0.25, -0.2) is 0 Å². The van der Waals surface area contributed by atoms with Gasteiger partial charge in [-0.1, -0.05) is 28.1 Å². The van der Waals surface area contributed by atoms with Gasteiger partial charge in [0.25, 0.3) is 5.91 Å². The molecule has 1 aromatic heterocycles. The van der Waals surface area contributed by atoms with Gasteiger partial charge in [0.05, 0.1) is 17.8 Å². The second kappa shape index (κ2) is 5.81. The van der Waals surface area contributed by atoms with Crippen LogP contribution in [0, 0.1) is 0 Å². The maximum atomic E-state index is 12.9. The number of hydrogen-bond donors (Lipinski definition) is 1. The van der Waals surface area contributed by atoms with E-state index >= 15 is 0 Å². The third-order valence-electron chi connectivity index (χ3n) is 4.46. The molecule has 116 valence electrons. The Morgan fingerprint density at radius 1 is 1.22 bits per heavy atom. The van der Waals surface area contributed by atoms with Crippen molar-refractivity contribution in [3.63, 3.8) is 0 Å². The second-order valence-corrected chi connectivity index (χ2v) is 6.80. The first-order valence-electron chi connectivity index (χ1n) is 7.72. The molecule has 1 amide bonds. The third kappa shape index (κ3) is 2.65. The zero-order chi connectivity index (χ0) is 15.8. The van der Waals surface area contributed by atoms with Crippen molar-refractivity contribution in [1.29, 1.82) is 0 Å². The minimum atomic E-state index is 0.0959. The number of carbonyl (C=O) groups is 1. The third-order valence-corrected chi connectivity index (χ3v) is 4.98. The van der Waals surface area contributed by atoms with Crippen LogP contribution in [0.3, 0.4) is 0 Å². The Labute approximate surface area is 142 Å². The number of rotatable bonds is 2. The van der Waals surface area contributed by atoms with Crippen LogP contribution >= 0.6 is 15.9 Å². The molecule has 4 nitrogen and oxygen atoms in total. The summed E-state index contributed by atoms with van der Waals surface area (Å²) in [5, 5.41) is 7.90. The number of benzene rings is 2. The van der Waals surface area contributed by atoms with Crippen LogP contribution in [0.5, 0.6) is 0 Å². The topological polar surface area (TPSA) is 49.0 Å². The average Bonchev–Trinajstić information content (AvgIpc) is 3.23. The van der Waals surface area contributed by atoms with Crippen LogP contribution in [0.25, 0.3) is 10.9 Å². The van der Waals surface area contributed by atoms with E-state index < -0.39 is 0 Å². The number of hydrogen-bond acceptors (Lipinski definition) is 2. The molecule has 1 N–H and O–H groups in total. The molecule has 5 heteroatoms. The Bertz CT molecular complexity index is 856. The number of nitrogens with one attached hydrogen (secondary N) is 1. The van der Waals surface area contributed by atoms with Crippen molar-refractivity contribution in [3.05, 3.63) is 64.3 Å². The number of likely N-dealkylation sites (tertiary alicyclic amines) is 1. The molecule has 23 heavy (non-hydrogen) atoms. The molecule has 1 saturated heterocycles. The fourth-order valence-electron chi connectivity index (χ4n) is 3.28. The molecule has 0 bridgehead atoms. The fraction of sp³-hybridized carbons (Fsp3) is 0.222. The number of halogens is 1. The van der Waals surface area contributed by atoms with E-state index in [4.69, 9.17) is 0 Å². The highest BCUT2D eigenvalue weighted by Crippen LogP contribution is 2.34. The van der Waals surface area contributed by atoms with Crippen molar-refractivity contribution in [2.75, 3.05) is 6.54 Å². The van der Waals surface area contributed by atoms with Crippen molar-refractivity contribution >= 4 is 32.7 Å². The highest BCUT2D eigenvalue weighted by Gasteiger charge is 2.30. The van der Waals surface area contributed by atoms with Crippen LogP contribution in [-0.2, 0) is 0 Å². The summed E-state index contributed by atoms with van der Waals surface area (Å²) in [7, 11) is 0. The number of amides is 1. The molecular weight excluding hydrogens is 354 g/mol. The number of fused-ring (bicyclic) bond motifs is 1. The summed E-state index contributed by atoms with van der Waals surface area (Å²) in [6.07, 6.45) is 3.81. The van der Waals surface area contributed by atoms with Gasteiger partial charge in [0, 0.05) is 22.0 Å². The Hall–Kier alpha value is -2.14. The zero-order valence-electron chi connectivity index (χ0n) is 12.5. The van der Waals surface area contributed by atoms with E-state index in [1.54, 1.807) is 6.20 Å². The molecule has 1 atom stereocenters. The van der Waals surface area contributed by atoms with Crippen molar-refractivity contribution in [1.82, 2.24) is 15.1 Å². The molecule has 0 spiro atoms. The van der Waals surface area contributed by atoms with Crippen molar-refractivity contribution in [2.45, 2.75) is 18.9 Å². The fourth-order valence-corrected chi connectivity index (χ4v) is 3.55. The molecule has 1 aliphatic heterocycles. The number of aromatic amines is 1. The highest BCUT2D eigenvalue weighted by atomic mass is 79.9. The minimum absolute atomic E-state index is 0.0959. The van der Waals surface area contributed by atoms with Crippen LogP contribution in [0.4, 0.5) is 0 Å². The summed E-state index contributed by atoms with van der Waals surface area (Å²) in [5.41, 5.74) is 2.87. The lowest BCUT2D eigenvalue weighted by molar-refractivity contribution is 0.0736. The van der Waals surface area contributed by atoms with E-state index in [0.717, 1.165) is 40.3 Å².